The maximum atomic E-state index is 12.8. The van der Waals surface area contributed by atoms with Crippen LogP contribution in [0.25, 0.3) is 0 Å². The molecule has 9 heteroatoms. The van der Waals surface area contributed by atoms with Crippen LogP contribution in [0.5, 0.6) is 0 Å². The lowest BCUT2D eigenvalue weighted by Crippen LogP contribution is -2.49. The molecule has 6 nitrogen and oxygen atoms in total. The third-order valence-corrected chi connectivity index (χ3v) is 7.76. The number of carbonyl (C=O) groups is 1. The molecule has 2 aliphatic heterocycles. The molecule has 0 radical (unpaired) electrons. The molecule has 3 rings (SSSR count). The second-order valence-electron chi connectivity index (χ2n) is 5.80. The average Bonchev–Trinajstić information content (AvgIpc) is 3.27. The molecule has 1 aromatic heterocycles. The topological polar surface area (TPSA) is 69.7 Å². The fourth-order valence-electron chi connectivity index (χ4n) is 3.19. The van der Waals surface area contributed by atoms with Gasteiger partial charge in [-0.2, -0.15) is 4.31 Å². The van der Waals surface area contributed by atoms with Gasteiger partial charge in [0.25, 0.3) is 10.0 Å². The van der Waals surface area contributed by atoms with Gasteiger partial charge in [0.1, 0.15) is 10.3 Å². The second-order valence-corrected chi connectivity index (χ2v) is 8.87. The quantitative estimate of drug-likeness (QED) is 0.851. The smallest absolute Gasteiger partial charge is 0.253 e. The minimum Gasteiger partial charge on any atom is -0.340 e. The van der Waals surface area contributed by atoms with Crippen LogP contribution in [0.4, 0.5) is 0 Å². The Labute approximate surface area is 147 Å². The van der Waals surface area contributed by atoms with Gasteiger partial charge in [-0.1, -0.05) is 6.07 Å². The van der Waals surface area contributed by atoms with E-state index in [1.54, 1.807) is 29.5 Å². The normalized spacial score (nSPS) is 25.3. The van der Waals surface area contributed by atoms with Crippen molar-refractivity contribution in [1.29, 1.82) is 0 Å². The molecule has 1 aromatic rings. The summed E-state index contributed by atoms with van der Waals surface area (Å²) in [5.41, 5.74) is 0. The van der Waals surface area contributed by atoms with E-state index in [0.29, 0.717) is 17.2 Å². The Hall–Kier alpha value is -0.670. The summed E-state index contributed by atoms with van der Waals surface area (Å²) < 4.78 is 27.1. The van der Waals surface area contributed by atoms with Gasteiger partial charge in [0.2, 0.25) is 5.91 Å². The minimum atomic E-state index is -3.56. The number of likely N-dealkylation sites (N-methyl/N-ethyl adjacent to an activating group) is 1. The highest BCUT2D eigenvalue weighted by atomic mass is 35.5. The van der Waals surface area contributed by atoms with Crippen LogP contribution in [0.15, 0.2) is 21.7 Å². The van der Waals surface area contributed by atoms with Crippen molar-refractivity contribution in [2.45, 2.75) is 35.6 Å². The standard InChI is InChI=1S/C14H21N3O3S2.ClH/c1-16(11-6-7-15-10-11)14(18)12-4-2-8-17(12)22(19,20)13-5-3-9-21-13;/h3,5,9,11-12,15H,2,4,6-8,10H2,1H3;1H. The number of carbonyl (C=O) groups excluding carboxylic acids is 1. The summed E-state index contributed by atoms with van der Waals surface area (Å²) in [5.74, 6) is -0.0775. The first-order valence-electron chi connectivity index (χ1n) is 7.54. The minimum absolute atomic E-state index is 0. The van der Waals surface area contributed by atoms with Gasteiger partial charge in [0.05, 0.1) is 0 Å². The lowest BCUT2D eigenvalue weighted by atomic mass is 10.1. The molecule has 1 N–H and O–H groups in total. The average molecular weight is 380 g/mol. The van der Waals surface area contributed by atoms with Crippen molar-refractivity contribution in [3.8, 4) is 0 Å². The first-order chi connectivity index (χ1) is 10.5. The molecule has 1 amide bonds. The van der Waals surface area contributed by atoms with Gasteiger partial charge in [0.15, 0.2) is 0 Å². The van der Waals surface area contributed by atoms with Crippen LogP contribution in [-0.2, 0) is 14.8 Å². The zero-order valence-electron chi connectivity index (χ0n) is 13.0. The number of sulfonamides is 1. The van der Waals surface area contributed by atoms with Gasteiger partial charge >= 0.3 is 0 Å². The van der Waals surface area contributed by atoms with Gasteiger partial charge < -0.3 is 10.2 Å². The van der Waals surface area contributed by atoms with Crippen molar-refractivity contribution in [2.24, 2.45) is 0 Å². The molecule has 23 heavy (non-hydrogen) atoms. The Balaban J connectivity index is 0.00000192. The van der Waals surface area contributed by atoms with Crippen LogP contribution in [0, 0.1) is 0 Å². The molecular formula is C14H22ClN3O3S2. The summed E-state index contributed by atoms with van der Waals surface area (Å²) >= 11 is 1.20. The first-order valence-corrected chi connectivity index (χ1v) is 9.86. The molecule has 3 heterocycles. The molecule has 0 aromatic carbocycles. The van der Waals surface area contributed by atoms with E-state index in [1.165, 1.54) is 15.6 Å². The van der Waals surface area contributed by atoms with E-state index in [9.17, 15) is 13.2 Å². The summed E-state index contributed by atoms with van der Waals surface area (Å²) in [6.45, 7) is 2.12. The highest BCUT2D eigenvalue weighted by molar-refractivity contribution is 7.91. The number of halogens is 1. The van der Waals surface area contributed by atoms with Crippen LogP contribution in [0.2, 0.25) is 0 Å². The summed E-state index contributed by atoms with van der Waals surface area (Å²) in [4.78, 5) is 14.5. The fraction of sp³-hybridized carbons (Fsp3) is 0.643. The first kappa shape index (κ1) is 18.7. The number of amides is 1. The number of hydrogen-bond acceptors (Lipinski definition) is 5. The largest absolute Gasteiger partial charge is 0.340 e. The predicted octanol–water partition coefficient (Wildman–Crippen LogP) is 1.14. The van der Waals surface area contributed by atoms with Gasteiger partial charge in [-0.15, -0.1) is 23.7 Å². The van der Waals surface area contributed by atoms with E-state index < -0.39 is 16.1 Å². The van der Waals surface area contributed by atoms with Crippen molar-refractivity contribution in [3.05, 3.63) is 17.5 Å². The van der Waals surface area contributed by atoms with Crippen molar-refractivity contribution in [2.75, 3.05) is 26.7 Å². The molecule has 2 saturated heterocycles. The summed E-state index contributed by atoms with van der Waals surface area (Å²) in [6.07, 6.45) is 2.26. The molecule has 0 saturated carbocycles. The molecule has 130 valence electrons. The Morgan fingerprint density at radius 1 is 1.43 bits per heavy atom. The zero-order valence-corrected chi connectivity index (χ0v) is 15.4. The number of hydrogen-bond donors (Lipinski definition) is 1. The fourth-order valence-corrected chi connectivity index (χ4v) is 5.96. The van der Waals surface area contributed by atoms with Gasteiger partial charge in [0, 0.05) is 26.2 Å². The van der Waals surface area contributed by atoms with E-state index in [1.807, 2.05) is 0 Å². The number of nitrogens with zero attached hydrogens (tertiary/aromatic N) is 2. The van der Waals surface area contributed by atoms with Crippen molar-refractivity contribution < 1.29 is 13.2 Å². The predicted molar refractivity (Wildman–Crippen MR) is 92.5 cm³/mol. The molecule has 2 unspecified atom stereocenters. The van der Waals surface area contributed by atoms with E-state index in [4.69, 9.17) is 0 Å². The monoisotopic (exact) mass is 379 g/mol. The van der Waals surface area contributed by atoms with Gasteiger partial charge in [-0.05, 0) is 37.3 Å². The van der Waals surface area contributed by atoms with E-state index in [2.05, 4.69) is 5.32 Å². The van der Waals surface area contributed by atoms with Crippen LogP contribution < -0.4 is 5.32 Å². The van der Waals surface area contributed by atoms with Crippen LogP contribution in [0.1, 0.15) is 19.3 Å². The second kappa shape index (κ2) is 7.48. The van der Waals surface area contributed by atoms with Crippen molar-refractivity contribution in [1.82, 2.24) is 14.5 Å². The Morgan fingerprint density at radius 3 is 2.83 bits per heavy atom. The number of rotatable bonds is 4. The highest BCUT2D eigenvalue weighted by Crippen LogP contribution is 2.29. The Kier molecular flexibility index (Phi) is 6.07. The maximum absolute atomic E-state index is 12.8. The molecule has 0 aliphatic carbocycles. The molecule has 2 atom stereocenters. The van der Waals surface area contributed by atoms with Crippen LogP contribution >= 0.6 is 23.7 Å². The molecule has 2 fully saturated rings. The van der Waals surface area contributed by atoms with Gasteiger partial charge in [-0.3, -0.25) is 4.79 Å². The highest BCUT2D eigenvalue weighted by Gasteiger charge is 2.42. The third-order valence-electron chi connectivity index (χ3n) is 4.48. The Morgan fingerprint density at radius 2 is 2.22 bits per heavy atom. The SMILES string of the molecule is CN(C(=O)C1CCCN1S(=O)(=O)c1cccs1)C1CCNC1.Cl. The molecule has 0 spiro atoms. The molecule has 2 aliphatic rings. The molecule has 0 bridgehead atoms. The van der Waals surface area contributed by atoms with Crippen molar-refractivity contribution >= 4 is 39.7 Å². The summed E-state index contributed by atoms with van der Waals surface area (Å²) in [5, 5.41) is 4.98. The zero-order chi connectivity index (χ0) is 15.7. The lowest BCUT2D eigenvalue weighted by Gasteiger charge is -2.30. The van der Waals surface area contributed by atoms with E-state index in [-0.39, 0.29) is 24.4 Å². The maximum Gasteiger partial charge on any atom is 0.253 e. The van der Waals surface area contributed by atoms with E-state index in [0.717, 1.165) is 25.9 Å². The number of nitrogens with one attached hydrogen (secondary N) is 1. The molecular weight excluding hydrogens is 358 g/mol. The summed E-state index contributed by atoms with van der Waals surface area (Å²) in [7, 11) is -1.77. The van der Waals surface area contributed by atoms with Crippen molar-refractivity contribution in [3.63, 3.8) is 0 Å². The van der Waals surface area contributed by atoms with E-state index >= 15 is 0 Å². The summed E-state index contributed by atoms with van der Waals surface area (Å²) in [6, 6.07) is 2.93. The van der Waals surface area contributed by atoms with Gasteiger partial charge in [-0.25, -0.2) is 8.42 Å². The van der Waals surface area contributed by atoms with Crippen LogP contribution in [0.3, 0.4) is 0 Å². The number of thiophene rings is 1. The third kappa shape index (κ3) is 3.56. The Bertz CT molecular complexity index is 630. The van der Waals surface area contributed by atoms with Crippen LogP contribution in [-0.4, -0.2) is 62.3 Å². The lowest BCUT2D eigenvalue weighted by molar-refractivity contribution is -0.135.